The van der Waals surface area contributed by atoms with Crippen LogP contribution in [0.1, 0.15) is 47.3 Å². The number of ketones is 1. The van der Waals surface area contributed by atoms with Gasteiger partial charge < -0.3 is 24.2 Å². The van der Waals surface area contributed by atoms with E-state index >= 15 is 0 Å². The van der Waals surface area contributed by atoms with E-state index in [2.05, 4.69) is 6.92 Å². The third-order valence-electron chi connectivity index (χ3n) is 5.60. The summed E-state index contributed by atoms with van der Waals surface area (Å²) in [4.78, 5) is 39.1. The normalized spacial score (nSPS) is 17.1. The third kappa shape index (κ3) is 5.28. The average Bonchev–Trinajstić information content (AvgIpc) is 3.11. The molecular weight excluding hydrogens is 438 g/mol. The van der Waals surface area contributed by atoms with Crippen molar-refractivity contribution in [3.8, 4) is 5.75 Å². The number of carbonyl (C=O) groups excluding carboxylic acids is 3. The predicted molar refractivity (Wildman–Crippen MR) is 126 cm³/mol. The molecule has 0 radical (unpaired) electrons. The van der Waals surface area contributed by atoms with Gasteiger partial charge in [0.1, 0.15) is 11.5 Å². The summed E-state index contributed by atoms with van der Waals surface area (Å²) in [5, 5.41) is 11.2. The fourth-order valence-electron chi connectivity index (χ4n) is 3.79. The first-order chi connectivity index (χ1) is 16.4. The van der Waals surface area contributed by atoms with Crippen molar-refractivity contribution < 1.29 is 33.7 Å². The number of Topliss-reactive ketones (excluding diaryl/α,β-unsaturated/α-hetero) is 1. The predicted octanol–water partition coefficient (Wildman–Crippen LogP) is 3.72. The Labute approximate surface area is 198 Å². The molecule has 1 amide bonds. The van der Waals surface area contributed by atoms with Gasteiger partial charge in [-0.2, -0.15) is 0 Å². The van der Waals surface area contributed by atoms with Crippen molar-refractivity contribution in [3.63, 3.8) is 0 Å². The van der Waals surface area contributed by atoms with Crippen molar-refractivity contribution in [3.05, 3.63) is 70.8 Å². The molecule has 1 fully saturated rings. The lowest BCUT2D eigenvalue weighted by molar-refractivity contribution is -0.140. The van der Waals surface area contributed by atoms with Gasteiger partial charge in [-0.1, -0.05) is 37.6 Å². The second kappa shape index (κ2) is 11.5. The summed E-state index contributed by atoms with van der Waals surface area (Å²) in [5.74, 6) is -1.74. The fourth-order valence-corrected chi connectivity index (χ4v) is 3.79. The summed E-state index contributed by atoms with van der Waals surface area (Å²) in [6, 6.07) is 12.3. The van der Waals surface area contributed by atoms with Crippen LogP contribution >= 0.6 is 0 Å². The number of hydrogen-bond acceptors (Lipinski definition) is 7. The van der Waals surface area contributed by atoms with Gasteiger partial charge >= 0.3 is 5.97 Å². The summed E-state index contributed by atoms with van der Waals surface area (Å²) < 4.78 is 15.6. The Balaban J connectivity index is 2.06. The number of hydrogen-bond donors (Lipinski definition) is 1. The third-order valence-corrected chi connectivity index (χ3v) is 5.60. The molecule has 0 saturated carbocycles. The Morgan fingerprint density at radius 1 is 1.03 bits per heavy atom. The number of rotatable bonds is 10. The van der Waals surface area contributed by atoms with E-state index in [0.29, 0.717) is 29.0 Å². The van der Waals surface area contributed by atoms with Gasteiger partial charge in [0.25, 0.3) is 11.7 Å². The molecule has 0 bridgehead atoms. The molecule has 180 valence electrons. The van der Waals surface area contributed by atoms with Crippen molar-refractivity contribution in [2.75, 3.05) is 34.0 Å². The largest absolute Gasteiger partial charge is 0.507 e. The number of likely N-dealkylation sites (tertiary alicyclic amines) is 1. The molecule has 3 rings (SSSR count). The van der Waals surface area contributed by atoms with Crippen LogP contribution in [0.25, 0.3) is 5.76 Å². The number of unbranched alkanes of at least 4 members (excludes halogenated alkanes) is 1. The minimum absolute atomic E-state index is 0.0300. The van der Waals surface area contributed by atoms with Gasteiger partial charge in [-0.3, -0.25) is 9.59 Å². The first-order valence-electron chi connectivity index (χ1n) is 11.1. The summed E-state index contributed by atoms with van der Waals surface area (Å²) in [5.41, 5.74) is 1.24. The zero-order chi connectivity index (χ0) is 24.7. The number of amides is 1. The smallest absolute Gasteiger partial charge is 0.337 e. The number of nitrogens with zero attached hydrogens (tertiary/aromatic N) is 1. The first-order valence-corrected chi connectivity index (χ1v) is 11.1. The topological polar surface area (TPSA) is 102 Å². The summed E-state index contributed by atoms with van der Waals surface area (Å²) >= 11 is 0. The van der Waals surface area contributed by atoms with Crippen LogP contribution in [-0.2, 0) is 19.1 Å². The zero-order valence-corrected chi connectivity index (χ0v) is 19.6. The maximum Gasteiger partial charge on any atom is 0.337 e. The molecule has 0 spiro atoms. The molecule has 1 N–H and O–H groups in total. The van der Waals surface area contributed by atoms with E-state index in [-0.39, 0.29) is 24.5 Å². The van der Waals surface area contributed by atoms with Crippen LogP contribution in [0.3, 0.4) is 0 Å². The lowest BCUT2D eigenvalue weighted by atomic mass is 9.94. The van der Waals surface area contributed by atoms with Crippen LogP contribution < -0.4 is 4.74 Å². The highest BCUT2D eigenvalue weighted by molar-refractivity contribution is 6.46. The molecule has 8 heteroatoms. The monoisotopic (exact) mass is 467 g/mol. The van der Waals surface area contributed by atoms with Gasteiger partial charge in [0.05, 0.1) is 37.5 Å². The molecule has 1 heterocycles. The van der Waals surface area contributed by atoms with E-state index in [1.165, 1.54) is 19.1 Å². The van der Waals surface area contributed by atoms with Crippen molar-refractivity contribution in [2.45, 2.75) is 25.8 Å². The van der Waals surface area contributed by atoms with E-state index in [9.17, 15) is 19.5 Å². The second-order valence-corrected chi connectivity index (χ2v) is 7.83. The van der Waals surface area contributed by atoms with Crippen molar-refractivity contribution in [1.82, 2.24) is 4.90 Å². The molecule has 0 aliphatic carbocycles. The molecule has 2 aromatic rings. The molecule has 0 aromatic heterocycles. The summed E-state index contributed by atoms with van der Waals surface area (Å²) in [7, 11) is 2.79. The number of methoxy groups -OCH3 is 2. The maximum absolute atomic E-state index is 13.0. The zero-order valence-electron chi connectivity index (χ0n) is 19.6. The van der Waals surface area contributed by atoms with Gasteiger partial charge in [0, 0.05) is 19.2 Å². The van der Waals surface area contributed by atoms with Crippen LogP contribution in [0.2, 0.25) is 0 Å². The summed E-state index contributed by atoms with van der Waals surface area (Å²) in [6.07, 6.45) is 1.88. The molecular formula is C26H29NO7. The van der Waals surface area contributed by atoms with E-state index in [4.69, 9.17) is 14.2 Å². The van der Waals surface area contributed by atoms with E-state index in [1.807, 2.05) is 0 Å². The number of aliphatic hydroxyl groups excluding tert-OH is 1. The quantitative estimate of drug-likeness (QED) is 0.187. The van der Waals surface area contributed by atoms with Crippen LogP contribution in [0.15, 0.2) is 54.1 Å². The lowest BCUT2D eigenvalue weighted by Gasteiger charge is -2.25. The molecule has 1 saturated heterocycles. The average molecular weight is 468 g/mol. The number of carbonyl (C=O) groups is 3. The molecule has 1 aliphatic heterocycles. The highest BCUT2D eigenvalue weighted by Crippen LogP contribution is 2.39. The summed E-state index contributed by atoms with van der Waals surface area (Å²) in [6.45, 7) is 2.96. The van der Waals surface area contributed by atoms with Crippen LogP contribution in [-0.4, -0.2) is 61.6 Å². The molecule has 1 unspecified atom stereocenters. The van der Waals surface area contributed by atoms with Crippen molar-refractivity contribution in [1.29, 1.82) is 0 Å². The van der Waals surface area contributed by atoms with E-state index < -0.39 is 23.7 Å². The van der Waals surface area contributed by atoms with Gasteiger partial charge in [0.15, 0.2) is 0 Å². The van der Waals surface area contributed by atoms with Gasteiger partial charge in [0.2, 0.25) is 0 Å². The van der Waals surface area contributed by atoms with Gasteiger partial charge in [-0.05, 0) is 36.2 Å². The number of ether oxygens (including phenoxy) is 3. The van der Waals surface area contributed by atoms with E-state index in [0.717, 1.165) is 12.8 Å². The highest BCUT2D eigenvalue weighted by Gasteiger charge is 2.45. The standard InChI is InChI=1S/C26H29NO7/c1-4-5-14-34-20-8-6-7-19(16-20)23(28)21-22(27(13-15-32-2)25(30)24(21)29)17-9-11-18(12-10-17)26(31)33-3/h6-12,16,22,28H,4-5,13-15H2,1-3H3. The molecule has 34 heavy (non-hydrogen) atoms. The fraction of sp³-hybridized carbons (Fsp3) is 0.346. The number of esters is 1. The Bertz CT molecular complexity index is 1070. The molecule has 1 aliphatic rings. The minimum Gasteiger partial charge on any atom is -0.507 e. The molecule has 8 nitrogen and oxygen atoms in total. The van der Waals surface area contributed by atoms with Gasteiger partial charge in [-0.25, -0.2) is 4.79 Å². The van der Waals surface area contributed by atoms with E-state index in [1.54, 1.807) is 48.5 Å². The number of benzene rings is 2. The lowest BCUT2D eigenvalue weighted by Crippen LogP contribution is -2.32. The van der Waals surface area contributed by atoms with Crippen molar-refractivity contribution >= 4 is 23.4 Å². The van der Waals surface area contributed by atoms with Crippen LogP contribution in [0.5, 0.6) is 5.75 Å². The highest BCUT2D eigenvalue weighted by atomic mass is 16.5. The second-order valence-electron chi connectivity index (χ2n) is 7.83. The van der Waals surface area contributed by atoms with Crippen molar-refractivity contribution in [2.24, 2.45) is 0 Å². The minimum atomic E-state index is -0.841. The van der Waals surface area contributed by atoms with Crippen LogP contribution in [0, 0.1) is 0 Å². The Morgan fingerprint density at radius 3 is 2.41 bits per heavy atom. The molecule has 2 aromatic carbocycles. The number of aliphatic hydroxyl groups is 1. The SMILES string of the molecule is CCCCOc1cccc(C(O)=C2C(=O)C(=O)N(CCOC)C2c2ccc(C(=O)OC)cc2)c1. The molecule has 1 atom stereocenters. The van der Waals surface area contributed by atoms with Gasteiger partial charge in [-0.15, -0.1) is 0 Å². The Hall–Kier alpha value is -3.65. The first kappa shape index (κ1) is 25.0. The Kier molecular flexibility index (Phi) is 8.43. The Morgan fingerprint density at radius 2 is 1.76 bits per heavy atom. The van der Waals surface area contributed by atoms with Crippen LogP contribution in [0.4, 0.5) is 0 Å². The maximum atomic E-state index is 13.0.